The maximum Gasteiger partial charge on any atom is 0.238 e. The van der Waals surface area contributed by atoms with Crippen LogP contribution in [0.1, 0.15) is 0 Å². The van der Waals surface area contributed by atoms with E-state index in [2.05, 4.69) is 6.58 Å². The molecule has 4 N–H and O–H groups in total. The normalized spacial score (nSPS) is 28.4. The summed E-state index contributed by atoms with van der Waals surface area (Å²) in [4.78, 5) is 41.8. The SMILES string of the molecule is C=C1C2C(C(=O)N1c1ccc(N)cc1)C1C(=O)N(c3ccc(N)cc3)C(=O)C21. The Bertz CT molecular complexity index is 911. The number of benzene rings is 2. The van der Waals surface area contributed by atoms with Crippen LogP contribution in [0.2, 0.25) is 0 Å². The molecule has 0 aromatic heterocycles. The average Bonchev–Trinajstić information content (AvgIpc) is 2.96. The molecule has 3 fully saturated rings. The van der Waals surface area contributed by atoms with Crippen molar-refractivity contribution in [2.24, 2.45) is 23.7 Å². The lowest BCUT2D eigenvalue weighted by Crippen LogP contribution is -2.48. The first kappa shape index (κ1) is 16.6. The van der Waals surface area contributed by atoms with E-state index in [1.165, 1.54) is 9.80 Å². The van der Waals surface area contributed by atoms with Gasteiger partial charge in [0.25, 0.3) is 0 Å². The van der Waals surface area contributed by atoms with E-state index in [0.717, 1.165) is 0 Å². The molecule has 2 aromatic carbocycles. The standard InChI is InChI=1S/C21H18N4O3/c1-10-15-16(19(26)24(10)13-6-2-11(22)3-7-13)18-17(15)20(27)25(21(18)28)14-8-4-12(23)5-9-14/h2-9,15-18H,1,22-23H2. The number of carbonyl (C=O) groups excluding carboxylic acids is 3. The van der Waals surface area contributed by atoms with E-state index < -0.39 is 17.8 Å². The van der Waals surface area contributed by atoms with E-state index >= 15 is 0 Å². The highest BCUT2D eigenvalue weighted by Crippen LogP contribution is 2.60. The minimum Gasteiger partial charge on any atom is -0.399 e. The van der Waals surface area contributed by atoms with Gasteiger partial charge in [0.2, 0.25) is 17.7 Å². The Kier molecular flexibility index (Phi) is 3.22. The second kappa shape index (κ2) is 5.45. The smallest absolute Gasteiger partial charge is 0.238 e. The maximum atomic E-state index is 13.1. The molecule has 2 aromatic rings. The molecule has 2 aliphatic heterocycles. The van der Waals surface area contributed by atoms with Crippen LogP contribution in [-0.2, 0) is 14.4 Å². The molecule has 3 aliphatic rings. The first-order chi connectivity index (χ1) is 13.4. The van der Waals surface area contributed by atoms with Crippen LogP contribution >= 0.6 is 0 Å². The van der Waals surface area contributed by atoms with E-state index in [1.54, 1.807) is 48.5 Å². The fourth-order valence-corrected chi connectivity index (χ4v) is 4.72. The minimum absolute atomic E-state index is 0.193. The number of nitrogens with two attached hydrogens (primary N) is 2. The molecule has 0 bridgehead atoms. The van der Waals surface area contributed by atoms with Gasteiger partial charge in [0.05, 0.1) is 23.4 Å². The molecule has 5 rings (SSSR count). The van der Waals surface area contributed by atoms with Crippen molar-refractivity contribution in [3.05, 3.63) is 60.8 Å². The average molecular weight is 374 g/mol. The summed E-state index contributed by atoms with van der Waals surface area (Å²) in [6, 6.07) is 13.5. The van der Waals surface area contributed by atoms with Crippen molar-refractivity contribution in [1.29, 1.82) is 0 Å². The van der Waals surface area contributed by atoms with Crippen LogP contribution in [0.3, 0.4) is 0 Å². The van der Waals surface area contributed by atoms with Crippen molar-refractivity contribution >= 4 is 40.5 Å². The molecular formula is C21H18N4O3. The molecule has 140 valence electrons. The Balaban J connectivity index is 1.48. The van der Waals surface area contributed by atoms with E-state index in [-0.39, 0.29) is 23.6 Å². The Labute approximate surface area is 161 Å². The Morgan fingerprint density at radius 1 is 0.607 bits per heavy atom. The van der Waals surface area contributed by atoms with Gasteiger partial charge in [-0.05, 0) is 48.5 Å². The number of fused-ring (bicyclic) bond motifs is 4. The van der Waals surface area contributed by atoms with Crippen molar-refractivity contribution in [2.45, 2.75) is 0 Å². The topological polar surface area (TPSA) is 110 Å². The summed E-state index contributed by atoms with van der Waals surface area (Å²) < 4.78 is 0. The minimum atomic E-state index is -0.641. The largest absolute Gasteiger partial charge is 0.399 e. The van der Waals surface area contributed by atoms with E-state index in [1.807, 2.05) is 0 Å². The highest BCUT2D eigenvalue weighted by atomic mass is 16.2. The molecule has 1 saturated carbocycles. The third-order valence-corrected chi connectivity index (χ3v) is 6.04. The molecule has 4 unspecified atom stereocenters. The molecule has 3 amide bonds. The zero-order valence-corrected chi connectivity index (χ0v) is 14.9. The second-order valence-electron chi connectivity index (χ2n) is 7.46. The number of hydrogen-bond acceptors (Lipinski definition) is 5. The van der Waals surface area contributed by atoms with E-state index in [4.69, 9.17) is 11.5 Å². The summed E-state index contributed by atoms with van der Waals surface area (Å²) in [6.07, 6.45) is 0. The number of imide groups is 1. The van der Waals surface area contributed by atoms with Gasteiger partial charge in [-0.25, -0.2) is 0 Å². The van der Waals surface area contributed by atoms with Crippen molar-refractivity contribution in [3.63, 3.8) is 0 Å². The molecule has 7 heteroatoms. The number of amides is 3. The van der Waals surface area contributed by atoms with Crippen molar-refractivity contribution in [1.82, 2.24) is 0 Å². The molecular weight excluding hydrogens is 356 g/mol. The van der Waals surface area contributed by atoms with Gasteiger partial charge in [0, 0.05) is 28.7 Å². The van der Waals surface area contributed by atoms with Gasteiger partial charge in [0.15, 0.2) is 0 Å². The lowest BCUT2D eigenvalue weighted by molar-refractivity contribution is -0.141. The van der Waals surface area contributed by atoms with Gasteiger partial charge in [-0.1, -0.05) is 6.58 Å². The number of nitrogen functional groups attached to an aromatic ring is 2. The molecule has 0 radical (unpaired) electrons. The van der Waals surface area contributed by atoms with Gasteiger partial charge < -0.3 is 11.5 Å². The summed E-state index contributed by atoms with van der Waals surface area (Å²) in [5.41, 5.74) is 14.2. The van der Waals surface area contributed by atoms with Gasteiger partial charge in [-0.15, -0.1) is 0 Å². The predicted octanol–water partition coefficient (Wildman–Crippen LogP) is 1.76. The highest BCUT2D eigenvalue weighted by Gasteiger charge is 2.71. The third kappa shape index (κ3) is 1.95. The van der Waals surface area contributed by atoms with Gasteiger partial charge >= 0.3 is 0 Å². The number of rotatable bonds is 2. The molecule has 1 aliphatic carbocycles. The van der Waals surface area contributed by atoms with Crippen LogP contribution in [0.4, 0.5) is 22.7 Å². The summed E-state index contributed by atoms with van der Waals surface area (Å²) in [5.74, 6) is -2.91. The van der Waals surface area contributed by atoms with Crippen LogP contribution in [-0.4, -0.2) is 17.7 Å². The molecule has 28 heavy (non-hydrogen) atoms. The number of allylic oxidation sites excluding steroid dienone is 1. The molecule has 0 spiro atoms. The van der Waals surface area contributed by atoms with Crippen molar-refractivity contribution in [3.8, 4) is 0 Å². The van der Waals surface area contributed by atoms with Crippen LogP contribution in [0, 0.1) is 23.7 Å². The van der Waals surface area contributed by atoms with Gasteiger partial charge in [0.1, 0.15) is 0 Å². The van der Waals surface area contributed by atoms with E-state index in [0.29, 0.717) is 28.4 Å². The van der Waals surface area contributed by atoms with Crippen LogP contribution in [0.5, 0.6) is 0 Å². The molecule has 4 atom stereocenters. The summed E-state index contributed by atoms with van der Waals surface area (Å²) in [5, 5.41) is 0. The Morgan fingerprint density at radius 2 is 0.964 bits per heavy atom. The van der Waals surface area contributed by atoms with Crippen LogP contribution in [0.15, 0.2) is 60.8 Å². The zero-order valence-electron chi connectivity index (χ0n) is 14.9. The quantitative estimate of drug-likeness (QED) is 0.615. The molecule has 2 saturated heterocycles. The Hall–Kier alpha value is -3.61. The summed E-state index contributed by atoms with van der Waals surface area (Å²) >= 11 is 0. The van der Waals surface area contributed by atoms with Gasteiger partial charge in [-0.2, -0.15) is 0 Å². The monoisotopic (exact) mass is 374 g/mol. The fraction of sp³-hybridized carbons (Fsp3) is 0.190. The summed E-state index contributed by atoms with van der Waals surface area (Å²) in [7, 11) is 0. The Morgan fingerprint density at radius 3 is 1.43 bits per heavy atom. The number of hydrogen-bond donors (Lipinski definition) is 2. The summed E-state index contributed by atoms with van der Waals surface area (Å²) in [6.45, 7) is 4.07. The first-order valence-corrected chi connectivity index (χ1v) is 9.02. The first-order valence-electron chi connectivity index (χ1n) is 9.02. The van der Waals surface area contributed by atoms with Crippen molar-refractivity contribution in [2.75, 3.05) is 21.3 Å². The fourth-order valence-electron chi connectivity index (χ4n) is 4.72. The molecule has 2 heterocycles. The van der Waals surface area contributed by atoms with E-state index in [9.17, 15) is 14.4 Å². The van der Waals surface area contributed by atoms with Gasteiger partial charge in [-0.3, -0.25) is 24.2 Å². The number of nitrogens with zero attached hydrogens (tertiary/aromatic N) is 2. The number of anilines is 4. The second-order valence-corrected chi connectivity index (χ2v) is 7.46. The molecule has 7 nitrogen and oxygen atoms in total. The van der Waals surface area contributed by atoms with Crippen molar-refractivity contribution < 1.29 is 14.4 Å². The highest BCUT2D eigenvalue weighted by molar-refractivity contribution is 6.26. The lowest BCUT2D eigenvalue weighted by atomic mass is 9.58. The third-order valence-electron chi connectivity index (χ3n) is 6.04. The predicted molar refractivity (Wildman–Crippen MR) is 105 cm³/mol. The zero-order chi connectivity index (χ0) is 19.7. The van der Waals surface area contributed by atoms with Crippen LogP contribution < -0.4 is 21.3 Å². The number of carbonyl (C=O) groups is 3. The lowest BCUT2D eigenvalue weighted by Gasteiger charge is -2.38. The maximum absolute atomic E-state index is 13.1. The van der Waals surface area contributed by atoms with Crippen LogP contribution in [0.25, 0.3) is 0 Å².